The van der Waals surface area contributed by atoms with Crippen molar-refractivity contribution in [1.29, 1.82) is 0 Å². The molecule has 2 aromatic carbocycles. The van der Waals surface area contributed by atoms with Crippen molar-refractivity contribution in [2.24, 2.45) is 5.92 Å². The largest absolute Gasteiger partial charge is 0.476 e. The molecular weight excluding hydrogens is 348 g/mol. The number of rotatable bonds is 4. The van der Waals surface area contributed by atoms with Crippen LogP contribution in [0.4, 0.5) is 8.78 Å². The average molecular weight is 366 g/mol. The topological polar surface area (TPSA) is 39.1 Å². The smallest absolute Gasteiger partial charge is 0.241 e. The van der Waals surface area contributed by atoms with E-state index in [1.807, 2.05) is 24.3 Å². The highest BCUT2D eigenvalue weighted by Crippen LogP contribution is 2.29. The first-order valence-corrected chi connectivity index (χ1v) is 7.99. The molecule has 7 heteroatoms. The summed E-state index contributed by atoms with van der Waals surface area (Å²) in [6.45, 7) is 2.51. The Morgan fingerprint density at radius 1 is 1.20 bits per heavy atom. The molecule has 1 fully saturated rings. The second kappa shape index (κ2) is 7.37. The fourth-order valence-corrected chi connectivity index (χ4v) is 3.03. The maximum absolute atomic E-state index is 14.2. The zero-order valence-corrected chi connectivity index (χ0v) is 14.2. The summed E-state index contributed by atoms with van der Waals surface area (Å²) in [7, 11) is 0. The highest BCUT2D eigenvalue weighted by Gasteiger charge is 2.19. The molecule has 1 aliphatic heterocycles. The van der Waals surface area contributed by atoms with Crippen LogP contribution in [-0.2, 0) is 0 Å². The molecule has 0 saturated carbocycles. The number of nitrogens with zero attached hydrogens (tertiary/aromatic N) is 2. The lowest BCUT2D eigenvalue weighted by Crippen LogP contribution is -2.15. The van der Waals surface area contributed by atoms with E-state index >= 15 is 0 Å². The predicted molar refractivity (Wildman–Crippen MR) is 94.7 cm³/mol. The Balaban J connectivity index is 0.00000182. The first-order chi connectivity index (χ1) is 11.7. The zero-order valence-electron chi connectivity index (χ0n) is 13.4. The average Bonchev–Trinajstić information content (AvgIpc) is 3.21. The Kier molecular flexibility index (Phi) is 5.20. The van der Waals surface area contributed by atoms with Crippen LogP contribution >= 0.6 is 12.4 Å². The van der Waals surface area contributed by atoms with Crippen LogP contribution in [0.5, 0.6) is 5.88 Å². The van der Waals surface area contributed by atoms with E-state index in [9.17, 15) is 8.78 Å². The molecule has 1 atom stereocenters. The number of ether oxygens (including phenoxy) is 1. The lowest BCUT2D eigenvalue weighted by atomic mass is 10.1. The van der Waals surface area contributed by atoms with E-state index in [1.54, 1.807) is 0 Å². The minimum atomic E-state index is -0.658. The van der Waals surface area contributed by atoms with Gasteiger partial charge in [0, 0.05) is 18.5 Å². The fourth-order valence-electron chi connectivity index (χ4n) is 3.03. The Morgan fingerprint density at radius 3 is 2.80 bits per heavy atom. The first-order valence-electron chi connectivity index (χ1n) is 7.99. The first kappa shape index (κ1) is 17.6. The zero-order chi connectivity index (χ0) is 16.5. The van der Waals surface area contributed by atoms with Crippen molar-refractivity contribution in [3.05, 3.63) is 54.1 Å². The van der Waals surface area contributed by atoms with Crippen molar-refractivity contribution in [2.45, 2.75) is 6.42 Å². The summed E-state index contributed by atoms with van der Waals surface area (Å²) in [5.74, 6) is -0.342. The maximum Gasteiger partial charge on any atom is 0.241 e. The van der Waals surface area contributed by atoms with Gasteiger partial charge in [-0.15, -0.1) is 17.5 Å². The van der Waals surface area contributed by atoms with Crippen molar-refractivity contribution < 1.29 is 13.5 Å². The van der Waals surface area contributed by atoms with Gasteiger partial charge >= 0.3 is 0 Å². The summed E-state index contributed by atoms with van der Waals surface area (Å²) >= 11 is 0. The van der Waals surface area contributed by atoms with E-state index in [0.717, 1.165) is 36.5 Å². The van der Waals surface area contributed by atoms with Crippen LogP contribution in [0, 0.1) is 17.6 Å². The minimum Gasteiger partial charge on any atom is -0.476 e. The van der Waals surface area contributed by atoms with Crippen LogP contribution in [0.15, 0.2) is 42.5 Å². The number of halogens is 3. The third kappa shape index (κ3) is 3.45. The summed E-state index contributed by atoms with van der Waals surface area (Å²) < 4.78 is 34.7. The highest BCUT2D eigenvalue weighted by atomic mass is 35.5. The number of aromatic nitrogens is 2. The molecule has 1 saturated heterocycles. The normalized spacial score (nSPS) is 16.8. The fraction of sp³-hybridized carbons (Fsp3) is 0.278. The molecule has 0 radical (unpaired) electrons. The van der Waals surface area contributed by atoms with Gasteiger partial charge in [-0.25, -0.2) is 13.5 Å². The molecule has 4 nitrogen and oxygen atoms in total. The number of para-hydroxylation sites is 1. The van der Waals surface area contributed by atoms with Gasteiger partial charge in [-0.2, -0.15) is 0 Å². The molecule has 1 aromatic heterocycles. The summed E-state index contributed by atoms with van der Waals surface area (Å²) in [6.07, 6.45) is 1.07. The van der Waals surface area contributed by atoms with Crippen molar-refractivity contribution in [1.82, 2.24) is 15.1 Å². The summed E-state index contributed by atoms with van der Waals surface area (Å²) in [6, 6.07) is 10.9. The second-order valence-corrected chi connectivity index (χ2v) is 6.00. The van der Waals surface area contributed by atoms with E-state index in [-0.39, 0.29) is 18.1 Å². The third-order valence-corrected chi connectivity index (χ3v) is 4.31. The van der Waals surface area contributed by atoms with Crippen LogP contribution in [0.1, 0.15) is 6.42 Å². The van der Waals surface area contributed by atoms with Gasteiger partial charge in [0.05, 0.1) is 17.5 Å². The van der Waals surface area contributed by atoms with Gasteiger partial charge in [-0.05, 0) is 37.2 Å². The van der Waals surface area contributed by atoms with E-state index < -0.39 is 11.6 Å². The number of nitrogens with one attached hydrogen (secondary N) is 1. The van der Waals surface area contributed by atoms with Gasteiger partial charge < -0.3 is 10.1 Å². The van der Waals surface area contributed by atoms with Crippen LogP contribution in [0.2, 0.25) is 0 Å². The third-order valence-electron chi connectivity index (χ3n) is 4.31. The molecule has 1 aliphatic rings. The number of benzene rings is 2. The molecule has 0 spiro atoms. The van der Waals surface area contributed by atoms with Gasteiger partial charge in [-0.3, -0.25) is 0 Å². The van der Waals surface area contributed by atoms with Crippen molar-refractivity contribution in [3.8, 4) is 11.6 Å². The number of fused-ring (bicyclic) bond motifs is 1. The number of hydrogen-bond donors (Lipinski definition) is 1. The van der Waals surface area contributed by atoms with Crippen molar-refractivity contribution in [2.75, 3.05) is 19.7 Å². The minimum absolute atomic E-state index is 0. The molecule has 3 aromatic rings. The Bertz CT molecular complexity index is 878. The van der Waals surface area contributed by atoms with Crippen LogP contribution in [0.3, 0.4) is 0 Å². The van der Waals surface area contributed by atoms with Crippen LogP contribution in [0.25, 0.3) is 16.6 Å². The van der Waals surface area contributed by atoms with Crippen LogP contribution in [-0.4, -0.2) is 29.5 Å². The monoisotopic (exact) mass is 365 g/mol. The van der Waals surface area contributed by atoms with E-state index in [1.165, 1.54) is 16.8 Å². The molecule has 0 aliphatic carbocycles. The molecule has 2 heterocycles. The summed E-state index contributed by atoms with van der Waals surface area (Å²) in [5, 5.41) is 8.53. The van der Waals surface area contributed by atoms with E-state index in [4.69, 9.17) is 4.74 Å². The standard InChI is InChI=1S/C18H17F2N3O.ClH/c19-13-5-6-17(15(20)9-13)23-16-4-2-1-3-14(16)18(22-23)24-11-12-7-8-21-10-12;/h1-6,9,12,21H,7-8,10-11H2;1H/t12-;/m0./s1. The Hall–Kier alpha value is -2.18. The molecule has 4 rings (SSSR count). The van der Waals surface area contributed by atoms with Crippen molar-refractivity contribution >= 4 is 23.3 Å². The molecule has 0 amide bonds. The van der Waals surface area contributed by atoms with Crippen molar-refractivity contribution in [3.63, 3.8) is 0 Å². The van der Waals surface area contributed by atoms with Gasteiger partial charge in [0.25, 0.3) is 0 Å². The molecule has 0 bridgehead atoms. The van der Waals surface area contributed by atoms with E-state index in [2.05, 4.69) is 10.4 Å². The van der Waals surface area contributed by atoms with Gasteiger partial charge in [0.15, 0.2) is 5.82 Å². The lowest BCUT2D eigenvalue weighted by Gasteiger charge is -2.08. The summed E-state index contributed by atoms with van der Waals surface area (Å²) in [5.41, 5.74) is 0.924. The maximum atomic E-state index is 14.2. The molecule has 132 valence electrons. The van der Waals surface area contributed by atoms with Gasteiger partial charge in [0.1, 0.15) is 11.5 Å². The van der Waals surface area contributed by atoms with Crippen LogP contribution < -0.4 is 10.1 Å². The molecular formula is C18H18ClF2N3O. The molecule has 1 N–H and O–H groups in total. The molecule has 0 unspecified atom stereocenters. The second-order valence-electron chi connectivity index (χ2n) is 6.00. The highest BCUT2D eigenvalue weighted by molar-refractivity contribution is 5.86. The SMILES string of the molecule is Cl.Fc1ccc(-n2nc(OC[C@H]3CCNC3)c3ccccc32)c(F)c1. The Morgan fingerprint density at radius 2 is 2.04 bits per heavy atom. The quantitative estimate of drug-likeness (QED) is 0.766. The predicted octanol–water partition coefficient (Wildman–Crippen LogP) is 3.71. The Labute approximate surface area is 150 Å². The number of hydrogen-bond acceptors (Lipinski definition) is 3. The summed E-state index contributed by atoms with van der Waals surface area (Å²) in [4.78, 5) is 0. The lowest BCUT2D eigenvalue weighted by molar-refractivity contribution is 0.252. The van der Waals surface area contributed by atoms with Gasteiger partial charge in [0.2, 0.25) is 5.88 Å². The molecule has 25 heavy (non-hydrogen) atoms. The van der Waals surface area contributed by atoms with Gasteiger partial charge in [-0.1, -0.05) is 12.1 Å². The van der Waals surface area contributed by atoms with E-state index in [0.29, 0.717) is 18.4 Å².